The molecule has 1 N–H and O–H groups in total. The maximum Gasteiger partial charge on any atom is 0.261 e. The van der Waals surface area contributed by atoms with Crippen molar-refractivity contribution in [2.24, 2.45) is 0 Å². The van der Waals surface area contributed by atoms with E-state index in [2.05, 4.69) is 5.32 Å². The van der Waals surface area contributed by atoms with Gasteiger partial charge in [-0.3, -0.25) is 4.79 Å². The lowest BCUT2D eigenvalue weighted by Gasteiger charge is -2.23. The lowest BCUT2D eigenvalue weighted by Crippen LogP contribution is -2.40. The predicted molar refractivity (Wildman–Crippen MR) is 105 cm³/mol. The molecule has 140 valence electrons. The number of carbonyl (C=O) groups excluding carboxylic acids is 1. The normalized spacial score (nSPS) is 13.0. The summed E-state index contributed by atoms with van der Waals surface area (Å²) in [5, 5.41) is 3.68. The van der Waals surface area contributed by atoms with E-state index in [1.807, 2.05) is 39.0 Å². The van der Waals surface area contributed by atoms with Crippen molar-refractivity contribution in [3.63, 3.8) is 0 Å². The summed E-state index contributed by atoms with van der Waals surface area (Å²) in [5.41, 5.74) is 2.09. The molecule has 2 rings (SSSR count). The van der Waals surface area contributed by atoms with Crippen molar-refractivity contribution in [1.82, 2.24) is 5.32 Å². The van der Waals surface area contributed by atoms with E-state index < -0.39 is 6.10 Å². The molecule has 0 saturated heterocycles. The summed E-state index contributed by atoms with van der Waals surface area (Å²) in [7, 11) is 1.65. The molecule has 1 amide bonds. The van der Waals surface area contributed by atoms with E-state index >= 15 is 0 Å². The molecule has 0 spiro atoms. The van der Waals surface area contributed by atoms with Crippen LogP contribution < -0.4 is 14.8 Å². The Bertz CT molecular complexity index is 748. The maximum absolute atomic E-state index is 12.7. The van der Waals surface area contributed by atoms with Crippen molar-refractivity contribution in [3.8, 4) is 11.5 Å². The van der Waals surface area contributed by atoms with Gasteiger partial charge in [-0.05, 0) is 55.2 Å². The average Bonchev–Trinajstić information content (AvgIpc) is 2.64. The minimum atomic E-state index is -0.568. The van der Waals surface area contributed by atoms with Gasteiger partial charge in [-0.25, -0.2) is 0 Å². The van der Waals surface area contributed by atoms with Crippen molar-refractivity contribution < 1.29 is 14.3 Å². The standard InChI is InChI=1S/C21H26ClNO3/c1-5-18(15-10-11-20(25-4)14(3)12-15)23-21(24)19(6-2)26-17-9-7-8-16(22)13-17/h7-13,18-19H,5-6H2,1-4H3,(H,23,24). The number of ether oxygens (including phenoxy) is 2. The monoisotopic (exact) mass is 375 g/mol. The second-order valence-corrected chi connectivity index (χ2v) is 6.61. The van der Waals surface area contributed by atoms with Crippen molar-refractivity contribution in [2.45, 2.75) is 45.8 Å². The number of benzene rings is 2. The van der Waals surface area contributed by atoms with Gasteiger partial charge in [0.25, 0.3) is 5.91 Å². The molecule has 0 aliphatic heterocycles. The number of rotatable bonds is 8. The lowest BCUT2D eigenvalue weighted by atomic mass is 10.0. The quantitative estimate of drug-likeness (QED) is 0.699. The number of halogens is 1. The molecule has 5 heteroatoms. The van der Waals surface area contributed by atoms with Crippen LogP contribution >= 0.6 is 11.6 Å². The van der Waals surface area contributed by atoms with Gasteiger partial charge in [0.2, 0.25) is 0 Å². The topological polar surface area (TPSA) is 47.6 Å². The van der Waals surface area contributed by atoms with Crippen LogP contribution in [-0.2, 0) is 4.79 Å². The zero-order valence-corrected chi connectivity index (χ0v) is 16.5. The van der Waals surface area contributed by atoms with E-state index in [4.69, 9.17) is 21.1 Å². The number of hydrogen-bond donors (Lipinski definition) is 1. The number of nitrogens with one attached hydrogen (secondary N) is 1. The molecule has 2 aromatic carbocycles. The fourth-order valence-corrected chi connectivity index (χ4v) is 3.01. The molecular formula is C21H26ClNO3. The van der Waals surface area contributed by atoms with E-state index in [1.165, 1.54) is 0 Å². The van der Waals surface area contributed by atoms with Gasteiger partial charge in [-0.15, -0.1) is 0 Å². The fraction of sp³-hybridized carbons (Fsp3) is 0.381. The van der Waals surface area contributed by atoms with Crippen molar-refractivity contribution >= 4 is 17.5 Å². The van der Waals surface area contributed by atoms with E-state index in [0.717, 1.165) is 23.3 Å². The van der Waals surface area contributed by atoms with Crippen LogP contribution in [0.25, 0.3) is 0 Å². The third-order valence-electron chi connectivity index (χ3n) is 4.28. The Morgan fingerprint density at radius 2 is 1.92 bits per heavy atom. The van der Waals surface area contributed by atoms with Gasteiger partial charge in [0.1, 0.15) is 11.5 Å². The lowest BCUT2D eigenvalue weighted by molar-refractivity contribution is -0.128. The second-order valence-electron chi connectivity index (χ2n) is 6.17. The highest BCUT2D eigenvalue weighted by Crippen LogP contribution is 2.25. The number of hydrogen-bond acceptors (Lipinski definition) is 3. The number of amides is 1. The highest BCUT2D eigenvalue weighted by molar-refractivity contribution is 6.30. The Kier molecular flexibility index (Phi) is 7.34. The maximum atomic E-state index is 12.7. The molecule has 2 aromatic rings. The first-order valence-corrected chi connectivity index (χ1v) is 9.23. The summed E-state index contributed by atoms with van der Waals surface area (Å²) in [4.78, 5) is 12.7. The van der Waals surface area contributed by atoms with Crippen molar-refractivity contribution in [1.29, 1.82) is 0 Å². The summed E-state index contributed by atoms with van der Waals surface area (Å²) in [5.74, 6) is 1.30. The predicted octanol–water partition coefficient (Wildman–Crippen LogP) is 5.08. The Balaban J connectivity index is 2.10. The van der Waals surface area contributed by atoms with Crippen LogP contribution in [0.15, 0.2) is 42.5 Å². The number of aryl methyl sites for hydroxylation is 1. The van der Waals surface area contributed by atoms with Crippen LogP contribution in [0.2, 0.25) is 5.02 Å². The molecule has 0 heterocycles. The van der Waals surface area contributed by atoms with Crippen LogP contribution in [0.5, 0.6) is 11.5 Å². The van der Waals surface area contributed by atoms with Crippen LogP contribution in [0.3, 0.4) is 0 Å². The minimum Gasteiger partial charge on any atom is -0.496 e. The molecule has 26 heavy (non-hydrogen) atoms. The third kappa shape index (κ3) is 5.15. The van der Waals surface area contributed by atoms with E-state index in [-0.39, 0.29) is 11.9 Å². The molecule has 0 bridgehead atoms. The molecular weight excluding hydrogens is 350 g/mol. The van der Waals surface area contributed by atoms with Gasteiger partial charge in [0.15, 0.2) is 6.10 Å². The first kappa shape index (κ1) is 20.1. The van der Waals surface area contributed by atoms with Gasteiger partial charge >= 0.3 is 0 Å². The van der Waals surface area contributed by atoms with Crippen LogP contribution in [-0.4, -0.2) is 19.1 Å². The smallest absolute Gasteiger partial charge is 0.261 e. The largest absolute Gasteiger partial charge is 0.496 e. The zero-order chi connectivity index (χ0) is 19.1. The highest BCUT2D eigenvalue weighted by Gasteiger charge is 2.22. The van der Waals surface area contributed by atoms with Gasteiger partial charge in [0, 0.05) is 5.02 Å². The summed E-state index contributed by atoms with van der Waals surface area (Å²) in [6.07, 6.45) is 0.781. The van der Waals surface area contributed by atoms with Crippen LogP contribution in [0.4, 0.5) is 0 Å². The SMILES string of the molecule is CCC(Oc1cccc(Cl)c1)C(=O)NC(CC)c1ccc(OC)c(C)c1. The number of methoxy groups -OCH3 is 1. The molecule has 0 aliphatic carbocycles. The Labute approximate surface area is 160 Å². The van der Waals surface area contributed by atoms with Gasteiger partial charge < -0.3 is 14.8 Å². The molecule has 0 saturated carbocycles. The molecule has 0 radical (unpaired) electrons. The molecule has 0 aromatic heterocycles. The molecule has 4 nitrogen and oxygen atoms in total. The second kappa shape index (κ2) is 9.48. The molecule has 0 aliphatic rings. The van der Waals surface area contributed by atoms with Gasteiger partial charge in [0.05, 0.1) is 13.2 Å². The van der Waals surface area contributed by atoms with Crippen molar-refractivity contribution in [3.05, 3.63) is 58.6 Å². The first-order chi connectivity index (χ1) is 12.5. The first-order valence-electron chi connectivity index (χ1n) is 8.85. The highest BCUT2D eigenvalue weighted by atomic mass is 35.5. The Hall–Kier alpha value is -2.20. The molecule has 2 unspecified atom stereocenters. The van der Waals surface area contributed by atoms with Crippen LogP contribution in [0, 0.1) is 6.92 Å². The van der Waals surface area contributed by atoms with E-state index in [1.54, 1.807) is 31.4 Å². The number of carbonyl (C=O) groups is 1. The van der Waals surface area contributed by atoms with Gasteiger partial charge in [-0.2, -0.15) is 0 Å². The van der Waals surface area contributed by atoms with Crippen molar-refractivity contribution in [2.75, 3.05) is 7.11 Å². The summed E-state index contributed by atoms with van der Waals surface area (Å²) >= 11 is 5.99. The molecule has 2 atom stereocenters. The summed E-state index contributed by atoms with van der Waals surface area (Å²) in [6, 6.07) is 13.0. The minimum absolute atomic E-state index is 0.0795. The summed E-state index contributed by atoms with van der Waals surface area (Å²) < 4.78 is 11.1. The Morgan fingerprint density at radius 3 is 2.50 bits per heavy atom. The van der Waals surface area contributed by atoms with Crippen LogP contribution in [0.1, 0.15) is 43.9 Å². The fourth-order valence-electron chi connectivity index (χ4n) is 2.83. The van der Waals surface area contributed by atoms with E-state index in [9.17, 15) is 4.79 Å². The average molecular weight is 376 g/mol. The summed E-state index contributed by atoms with van der Waals surface area (Å²) in [6.45, 7) is 5.96. The van der Waals surface area contributed by atoms with Gasteiger partial charge in [-0.1, -0.05) is 43.6 Å². The Morgan fingerprint density at radius 1 is 1.15 bits per heavy atom. The molecule has 0 fully saturated rings. The zero-order valence-electron chi connectivity index (χ0n) is 15.7. The van der Waals surface area contributed by atoms with E-state index in [0.29, 0.717) is 17.2 Å². The third-order valence-corrected chi connectivity index (χ3v) is 4.52.